The lowest BCUT2D eigenvalue weighted by Gasteiger charge is -2.36. The highest BCUT2D eigenvalue weighted by Gasteiger charge is 2.25. The molecular formula is C28H28N6O. The van der Waals surface area contributed by atoms with Crippen molar-refractivity contribution in [3.8, 4) is 34.4 Å². The van der Waals surface area contributed by atoms with Gasteiger partial charge in [-0.3, -0.25) is 4.57 Å². The van der Waals surface area contributed by atoms with Crippen LogP contribution in [0.3, 0.4) is 0 Å². The summed E-state index contributed by atoms with van der Waals surface area (Å²) in [6.07, 6.45) is 6.31. The molecule has 0 radical (unpaired) electrons. The van der Waals surface area contributed by atoms with Crippen LogP contribution in [-0.2, 0) is 11.3 Å². The zero-order valence-electron chi connectivity index (χ0n) is 20.1. The molecule has 0 saturated carbocycles. The summed E-state index contributed by atoms with van der Waals surface area (Å²) in [5.41, 5.74) is 7.64. The van der Waals surface area contributed by atoms with Crippen LogP contribution in [0.4, 0.5) is 5.69 Å². The Hall–Kier alpha value is -3.86. The Kier molecular flexibility index (Phi) is 5.40. The molecule has 2 aromatic carbocycles. The van der Waals surface area contributed by atoms with Crippen molar-refractivity contribution >= 4 is 5.69 Å². The highest BCUT2D eigenvalue weighted by Crippen LogP contribution is 2.35. The number of nitriles is 1. The van der Waals surface area contributed by atoms with E-state index in [1.807, 2.05) is 36.7 Å². The van der Waals surface area contributed by atoms with E-state index < -0.39 is 0 Å². The average Bonchev–Trinajstić information content (AvgIpc) is 3.49. The fraction of sp³-hybridized carbons (Fsp3) is 0.286. The molecule has 0 spiro atoms. The molecule has 2 aromatic heterocycles. The molecule has 4 aromatic rings. The van der Waals surface area contributed by atoms with Gasteiger partial charge in [0.2, 0.25) is 0 Å². The summed E-state index contributed by atoms with van der Waals surface area (Å²) < 4.78 is 10.5. The first-order valence-electron chi connectivity index (χ1n) is 12.0. The van der Waals surface area contributed by atoms with Gasteiger partial charge in [0, 0.05) is 56.0 Å². The summed E-state index contributed by atoms with van der Waals surface area (Å²) in [4.78, 5) is 9.33. The molecule has 35 heavy (non-hydrogen) atoms. The monoisotopic (exact) mass is 464 g/mol. The lowest BCUT2D eigenvalue weighted by molar-refractivity contribution is 0.0248. The summed E-state index contributed by atoms with van der Waals surface area (Å²) in [5, 5.41) is 9.13. The quantitative estimate of drug-likeness (QED) is 0.402. The zero-order valence-corrected chi connectivity index (χ0v) is 20.1. The van der Waals surface area contributed by atoms with Crippen LogP contribution in [0.5, 0.6) is 0 Å². The van der Waals surface area contributed by atoms with Crippen molar-refractivity contribution in [1.82, 2.24) is 19.0 Å². The van der Waals surface area contributed by atoms with Gasteiger partial charge >= 0.3 is 0 Å². The highest BCUT2D eigenvalue weighted by atomic mass is 16.5. The van der Waals surface area contributed by atoms with Gasteiger partial charge in [0.1, 0.15) is 0 Å². The lowest BCUT2D eigenvalue weighted by atomic mass is 10.1. The zero-order chi connectivity index (χ0) is 23.9. The minimum Gasteiger partial charge on any atom is -0.373 e. The number of likely N-dealkylation sites (N-methyl/N-ethyl adjacent to an activating group) is 1. The smallest absolute Gasteiger partial charge is 0.161 e. The van der Waals surface area contributed by atoms with Crippen LogP contribution in [0.15, 0.2) is 67.1 Å². The van der Waals surface area contributed by atoms with Crippen molar-refractivity contribution in [3.63, 3.8) is 0 Å². The van der Waals surface area contributed by atoms with Gasteiger partial charge in [-0.25, -0.2) is 4.98 Å². The number of ether oxygens (including phenoxy) is 1. The van der Waals surface area contributed by atoms with Gasteiger partial charge in [0.25, 0.3) is 0 Å². The van der Waals surface area contributed by atoms with E-state index in [1.54, 1.807) is 0 Å². The minimum atomic E-state index is 0.212. The summed E-state index contributed by atoms with van der Waals surface area (Å²) in [5.74, 6) is 0.939. The molecule has 2 aliphatic heterocycles. The second kappa shape index (κ2) is 8.73. The van der Waals surface area contributed by atoms with E-state index >= 15 is 0 Å². The maximum Gasteiger partial charge on any atom is 0.161 e. The number of fused-ring (bicyclic) bond motifs is 5. The fourth-order valence-corrected chi connectivity index (χ4v) is 5.20. The third-order valence-corrected chi connectivity index (χ3v) is 6.85. The molecule has 7 nitrogen and oxygen atoms in total. The molecule has 0 aliphatic carbocycles. The van der Waals surface area contributed by atoms with E-state index in [1.165, 1.54) is 16.9 Å². The third-order valence-electron chi connectivity index (χ3n) is 6.85. The maximum atomic E-state index is 9.13. The fourth-order valence-electron chi connectivity index (χ4n) is 5.20. The first kappa shape index (κ1) is 21.7. The van der Waals surface area contributed by atoms with Gasteiger partial charge in [0.05, 0.1) is 35.7 Å². The number of hydrogen-bond acceptors (Lipinski definition) is 5. The van der Waals surface area contributed by atoms with E-state index in [4.69, 9.17) is 15.0 Å². The Bertz CT molecular complexity index is 1410. The van der Waals surface area contributed by atoms with Crippen LogP contribution in [-0.4, -0.2) is 65.5 Å². The summed E-state index contributed by atoms with van der Waals surface area (Å²) >= 11 is 0. The van der Waals surface area contributed by atoms with Gasteiger partial charge in [0.15, 0.2) is 5.82 Å². The molecule has 0 N–H and O–H groups in total. The van der Waals surface area contributed by atoms with E-state index in [9.17, 15) is 0 Å². The van der Waals surface area contributed by atoms with E-state index in [2.05, 4.69) is 69.6 Å². The first-order valence-corrected chi connectivity index (χ1v) is 12.0. The SMILES string of the molecule is CN(C)CC1CN(c2ccc3c(c2)Cn2cc(-c4ccc(C#N)cc4)cc2-c2nccn2-3)CCO1. The molecule has 1 fully saturated rings. The Morgan fingerprint density at radius 3 is 2.77 bits per heavy atom. The third kappa shape index (κ3) is 4.01. The van der Waals surface area contributed by atoms with E-state index in [0.717, 1.165) is 55.4 Å². The molecule has 2 aliphatic rings. The Labute approximate surface area is 205 Å². The largest absolute Gasteiger partial charge is 0.373 e. The maximum absolute atomic E-state index is 9.13. The van der Waals surface area contributed by atoms with Gasteiger partial charge in [-0.1, -0.05) is 12.1 Å². The molecule has 6 rings (SSSR count). The second-order valence-corrected chi connectivity index (χ2v) is 9.57. The molecular weight excluding hydrogens is 436 g/mol. The molecule has 176 valence electrons. The van der Waals surface area contributed by atoms with Gasteiger partial charge in [-0.05, 0) is 61.6 Å². The highest BCUT2D eigenvalue weighted by molar-refractivity contribution is 5.72. The van der Waals surface area contributed by atoms with Crippen molar-refractivity contribution in [3.05, 3.63) is 78.2 Å². The molecule has 4 heterocycles. The summed E-state index contributed by atoms with van der Waals surface area (Å²) in [6, 6.07) is 18.9. The Morgan fingerprint density at radius 2 is 1.97 bits per heavy atom. The standard InChI is InChI=1S/C28H28N6O/c1-31(2)18-25-19-32(11-12-35-25)24-7-8-26-23(13-24)17-33-16-22(21-5-3-20(15-29)4-6-21)14-27(33)28-30-9-10-34(26)28/h3-10,13-14,16,25H,11-12,17-19H2,1-2H3. The first-order chi connectivity index (χ1) is 17.1. The summed E-state index contributed by atoms with van der Waals surface area (Å²) in [6.45, 7) is 4.23. The van der Waals surface area contributed by atoms with Crippen LogP contribution in [0.2, 0.25) is 0 Å². The Morgan fingerprint density at radius 1 is 1.11 bits per heavy atom. The normalized spacial score (nSPS) is 16.9. The predicted molar refractivity (Wildman–Crippen MR) is 137 cm³/mol. The minimum absolute atomic E-state index is 0.212. The van der Waals surface area contributed by atoms with Crippen LogP contribution in [0, 0.1) is 11.3 Å². The molecule has 1 atom stereocenters. The molecule has 0 bridgehead atoms. The topological polar surface area (TPSA) is 62.2 Å². The van der Waals surface area contributed by atoms with Crippen LogP contribution >= 0.6 is 0 Å². The predicted octanol–water partition coefficient (Wildman–Crippen LogP) is 4.01. The number of benzene rings is 2. The number of rotatable bonds is 4. The van der Waals surface area contributed by atoms with Crippen LogP contribution in [0.25, 0.3) is 28.3 Å². The molecule has 0 amide bonds. The molecule has 7 heteroatoms. The van der Waals surface area contributed by atoms with Crippen molar-refractivity contribution in [2.45, 2.75) is 12.6 Å². The van der Waals surface area contributed by atoms with Crippen molar-refractivity contribution in [2.75, 3.05) is 45.2 Å². The Balaban J connectivity index is 1.36. The number of aromatic nitrogens is 3. The summed E-state index contributed by atoms with van der Waals surface area (Å²) in [7, 11) is 4.18. The van der Waals surface area contributed by atoms with Gasteiger partial charge in [-0.2, -0.15) is 5.26 Å². The molecule has 1 unspecified atom stereocenters. The van der Waals surface area contributed by atoms with Gasteiger partial charge < -0.3 is 19.1 Å². The lowest BCUT2D eigenvalue weighted by Crippen LogP contribution is -2.46. The van der Waals surface area contributed by atoms with Gasteiger partial charge in [-0.15, -0.1) is 0 Å². The number of imidazole rings is 1. The number of morpholine rings is 1. The van der Waals surface area contributed by atoms with Crippen molar-refractivity contribution in [2.24, 2.45) is 0 Å². The second-order valence-electron chi connectivity index (χ2n) is 9.57. The number of hydrogen-bond donors (Lipinski definition) is 0. The van der Waals surface area contributed by atoms with E-state index in [0.29, 0.717) is 5.56 Å². The van der Waals surface area contributed by atoms with Crippen LogP contribution < -0.4 is 4.90 Å². The number of nitrogens with zero attached hydrogens (tertiary/aromatic N) is 6. The number of anilines is 1. The molecule has 1 saturated heterocycles. The van der Waals surface area contributed by atoms with E-state index in [-0.39, 0.29) is 6.10 Å². The van der Waals surface area contributed by atoms with Crippen LogP contribution in [0.1, 0.15) is 11.1 Å². The average molecular weight is 465 g/mol. The van der Waals surface area contributed by atoms with Crippen molar-refractivity contribution < 1.29 is 4.74 Å². The van der Waals surface area contributed by atoms with Crippen molar-refractivity contribution in [1.29, 1.82) is 5.26 Å².